The van der Waals surface area contributed by atoms with Crippen LogP contribution in [-0.4, -0.2) is 33.8 Å². The van der Waals surface area contributed by atoms with Crippen LogP contribution in [0.3, 0.4) is 0 Å². The molecule has 4 heteroatoms. The van der Waals surface area contributed by atoms with Crippen LogP contribution < -0.4 is 5.73 Å². The molecule has 19 heavy (non-hydrogen) atoms. The predicted molar refractivity (Wildman–Crippen MR) is 78.8 cm³/mol. The van der Waals surface area contributed by atoms with Crippen molar-refractivity contribution in [3.63, 3.8) is 0 Å². The average molecular weight is 264 g/mol. The van der Waals surface area contributed by atoms with E-state index in [4.69, 9.17) is 5.73 Å². The summed E-state index contributed by atoms with van der Waals surface area (Å²) in [7, 11) is 1.97. The second-order valence-corrected chi connectivity index (χ2v) is 5.90. The third kappa shape index (κ3) is 3.37. The van der Waals surface area contributed by atoms with Crippen molar-refractivity contribution >= 4 is 0 Å². The second kappa shape index (κ2) is 6.53. The van der Waals surface area contributed by atoms with Gasteiger partial charge in [-0.3, -0.25) is 9.58 Å². The Bertz CT molecular complexity index is 387. The molecule has 1 fully saturated rings. The SMILES string of the molecule is CCCC1CCN(C(c2cnn(C)c2)C(N)CC)C1. The molecular formula is C15H28N4. The van der Waals surface area contributed by atoms with E-state index in [2.05, 4.69) is 30.0 Å². The maximum atomic E-state index is 6.38. The Labute approximate surface area is 117 Å². The monoisotopic (exact) mass is 264 g/mol. The molecule has 1 aliphatic rings. The largest absolute Gasteiger partial charge is 0.326 e. The number of rotatable bonds is 6. The zero-order valence-corrected chi connectivity index (χ0v) is 12.5. The predicted octanol–water partition coefficient (Wildman–Crippen LogP) is 2.32. The first-order valence-corrected chi connectivity index (χ1v) is 7.63. The topological polar surface area (TPSA) is 47.1 Å². The second-order valence-electron chi connectivity index (χ2n) is 5.90. The minimum absolute atomic E-state index is 0.199. The first-order valence-electron chi connectivity index (χ1n) is 7.63. The zero-order valence-electron chi connectivity index (χ0n) is 12.5. The van der Waals surface area contributed by atoms with E-state index in [0.29, 0.717) is 6.04 Å². The van der Waals surface area contributed by atoms with E-state index in [0.717, 1.165) is 12.3 Å². The third-order valence-electron chi connectivity index (χ3n) is 4.35. The van der Waals surface area contributed by atoms with Crippen molar-refractivity contribution in [3.05, 3.63) is 18.0 Å². The van der Waals surface area contributed by atoms with Gasteiger partial charge in [0.15, 0.2) is 0 Å². The van der Waals surface area contributed by atoms with E-state index in [1.54, 1.807) is 0 Å². The van der Waals surface area contributed by atoms with Gasteiger partial charge in [-0.15, -0.1) is 0 Å². The van der Waals surface area contributed by atoms with Gasteiger partial charge in [-0.1, -0.05) is 20.3 Å². The lowest BCUT2D eigenvalue weighted by molar-refractivity contribution is 0.201. The van der Waals surface area contributed by atoms with Gasteiger partial charge in [-0.25, -0.2) is 0 Å². The number of nitrogens with two attached hydrogens (primary N) is 1. The Kier molecular flexibility index (Phi) is 4.99. The molecule has 1 aromatic heterocycles. The summed E-state index contributed by atoms with van der Waals surface area (Å²) in [4.78, 5) is 2.57. The molecule has 2 rings (SSSR count). The molecule has 1 aliphatic heterocycles. The minimum Gasteiger partial charge on any atom is -0.326 e. The fraction of sp³-hybridized carbons (Fsp3) is 0.800. The van der Waals surface area contributed by atoms with E-state index in [-0.39, 0.29) is 6.04 Å². The van der Waals surface area contributed by atoms with Crippen molar-refractivity contribution in [3.8, 4) is 0 Å². The summed E-state index contributed by atoms with van der Waals surface area (Å²) in [6.07, 6.45) is 9.06. The molecule has 0 saturated carbocycles. The fourth-order valence-electron chi connectivity index (χ4n) is 3.30. The van der Waals surface area contributed by atoms with Crippen molar-refractivity contribution in [2.75, 3.05) is 13.1 Å². The Hall–Kier alpha value is -0.870. The van der Waals surface area contributed by atoms with Crippen LogP contribution in [0.25, 0.3) is 0 Å². The first kappa shape index (κ1) is 14.5. The summed E-state index contributed by atoms with van der Waals surface area (Å²) in [6.45, 7) is 6.83. The molecule has 3 atom stereocenters. The van der Waals surface area contributed by atoms with Crippen LogP contribution in [0.15, 0.2) is 12.4 Å². The average Bonchev–Trinajstić information content (AvgIpc) is 3.00. The lowest BCUT2D eigenvalue weighted by Crippen LogP contribution is -2.39. The number of nitrogens with zero attached hydrogens (tertiary/aromatic N) is 3. The molecule has 2 heterocycles. The maximum absolute atomic E-state index is 6.38. The van der Waals surface area contributed by atoms with Gasteiger partial charge < -0.3 is 5.73 Å². The van der Waals surface area contributed by atoms with Crippen LogP contribution in [0.5, 0.6) is 0 Å². The molecule has 2 N–H and O–H groups in total. The highest BCUT2D eigenvalue weighted by atomic mass is 15.3. The van der Waals surface area contributed by atoms with Gasteiger partial charge in [0, 0.05) is 31.4 Å². The molecule has 0 amide bonds. The minimum atomic E-state index is 0.199. The smallest absolute Gasteiger partial charge is 0.0538 e. The lowest BCUT2D eigenvalue weighted by atomic mass is 9.99. The van der Waals surface area contributed by atoms with Gasteiger partial charge in [0.2, 0.25) is 0 Å². The maximum Gasteiger partial charge on any atom is 0.0538 e. The first-order chi connectivity index (χ1) is 9.15. The van der Waals surface area contributed by atoms with Gasteiger partial charge in [-0.05, 0) is 31.7 Å². The van der Waals surface area contributed by atoms with Gasteiger partial charge in [0.25, 0.3) is 0 Å². The molecular weight excluding hydrogens is 236 g/mol. The standard InChI is InChI=1S/C15H28N4/c1-4-6-12-7-8-19(10-12)15(14(16)5-2)13-9-17-18(3)11-13/h9,11-12,14-15H,4-8,10,16H2,1-3H3. The van der Waals surface area contributed by atoms with Crippen LogP contribution in [-0.2, 0) is 7.05 Å². The van der Waals surface area contributed by atoms with E-state index in [1.807, 2.05) is 17.9 Å². The Morgan fingerprint density at radius 2 is 2.26 bits per heavy atom. The van der Waals surface area contributed by atoms with E-state index < -0.39 is 0 Å². The molecule has 3 unspecified atom stereocenters. The van der Waals surface area contributed by atoms with Gasteiger partial charge in [0.1, 0.15) is 0 Å². The summed E-state index contributed by atoms with van der Waals surface area (Å²) < 4.78 is 1.88. The third-order valence-corrected chi connectivity index (χ3v) is 4.35. The number of aryl methyl sites for hydroxylation is 1. The van der Waals surface area contributed by atoms with Crippen molar-refractivity contribution in [2.45, 2.75) is 51.6 Å². The molecule has 0 spiro atoms. The van der Waals surface area contributed by atoms with Crippen LogP contribution in [0.2, 0.25) is 0 Å². The lowest BCUT2D eigenvalue weighted by Gasteiger charge is -2.31. The quantitative estimate of drug-likeness (QED) is 0.858. The van der Waals surface area contributed by atoms with Gasteiger partial charge >= 0.3 is 0 Å². The molecule has 0 bridgehead atoms. The van der Waals surface area contributed by atoms with Crippen molar-refractivity contribution in [1.82, 2.24) is 14.7 Å². The Morgan fingerprint density at radius 1 is 1.47 bits per heavy atom. The number of hydrogen-bond acceptors (Lipinski definition) is 3. The molecule has 0 aliphatic carbocycles. The molecule has 1 aromatic rings. The molecule has 0 aromatic carbocycles. The van der Waals surface area contributed by atoms with E-state index in [9.17, 15) is 0 Å². The highest BCUT2D eigenvalue weighted by molar-refractivity contribution is 5.14. The summed E-state index contributed by atoms with van der Waals surface area (Å²) in [5, 5.41) is 4.32. The normalized spacial score (nSPS) is 23.7. The number of hydrogen-bond donors (Lipinski definition) is 1. The molecule has 0 radical (unpaired) electrons. The molecule has 4 nitrogen and oxygen atoms in total. The Balaban J connectivity index is 2.11. The molecule has 1 saturated heterocycles. The van der Waals surface area contributed by atoms with E-state index >= 15 is 0 Å². The Morgan fingerprint density at radius 3 is 2.84 bits per heavy atom. The highest BCUT2D eigenvalue weighted by Gasteiger charge is 2.32. The van der Waals surface area contributed by atoms with Gasteiger partial charge in [0.05, 0.1) is 12.2 Å². The van der Waals surface area contributed by atoms with Crippen LogP contribution in [0.1, 0.15) is 51.1 Å². The highest BCUT2D eigenvalue weighted by Crippen LogP contribution is 2.31. The summed E-state index contributed by atoms with van der Waals surface area (Å²) in [5.41, 5.74) is 7.65. The number of likely N-dealkylation sites (tertiary alicyclic amines) is 1. The van der Waals surface area contributed by atoms with Crippen molar-refractivity contribution in [2.24, 2.45) is 18.7 Å². The zero-order chi connectivity index (χ0) is 13.8. The summed E-state index contributed by atoms with van der Waals surface area (Å²) in [5.74, 6) is 0.855. The number of aromatic nitrogens is 2. The summed E-state index contributed by atoms with van der Waals surface area (Å²) >= 11 is 0. The van der Waals surface area contributed by atoms with Crippen molar-refractivity contribution in [1.29, 1.82) is 0 Å². The summed E-state index contributed by atoms with van der Waals surface area (Å²) in [6, 6.07) is 0.533. The van der Waals surface area contributed by atoms with E-state index in [1.165, 1.54) is 37.9 Å². The van der Waals surface area contributed by atoms with Crippen molar-refractivity contribution < 1.29 is 0 Å². The fourth-order valence-corrected chi connectivity index (χ4v) is 3.30. The van der Waals surface area contributed by atoms with Crippen LogP contribution >= 0.6 is 0 Å². The van der Waals surface area contributed by atoms with Gasteiger partial charge in [-0.2, -0.15) is 5.10 Å². The van der Waals surface area contributed by atoms with Crippen LogP contribution in [0.4, 0.5) is 0 Å². The molecule has 108 valence electrons. The van der Waals surface area contributed by atoms with Crippen LogP contribution in [0, 0.1) is 5.92 Å².